The third kappa shape index (κ3) is 3.17. The summed E-state index contributed by atoms with van der Waals surface area (Å²) in [6.45, 7) is 5.68. The summed E-state index contributed by atoms with van der Waals surface area (Å²) < 4.78 is 2.40. The zero-order valence-corrected chi connectivity index (χ0v) is 13.4. The maximum absolute atomic E-state index is 6.23. The Labute approximate surface area is 132 Å². The van der Waals surface area contributed by atoms with Crippen molar-refractivity contribution in [3.63, 3.8) is 0 Å². The maximum Gasteiger partial charge on any atom is 0.0756 e. The van der Waals surface area contributed by atoms with E-state index in [1.54, 1.807) is 0 Å². The van der Waals surface area contributed by atoms with Gasteiger partial charge in [-0.3, -0.25) is 4.90 Å². The van der Waals surface area contributed by atoms with Crippen LogP contribution in [0.5, 0.6) is 0 Å². The summed E-state index contributed by atoms with van der Waals surface area (Å²) in [5.41, 5.74) is 2.70. The van der Waals surface area contributed by atoms with Gasteiger partial charge in [0.25, 0.3) is 0 Å². The van der Waals surface area contributed by atoms with Crippen LogP contribution in [0, 0.1) is 0 Å². The third-order valence-corrected chi connectivity index (χ3v) is 4.55. The average molecular weight is 303 g/mol. The lowest BCUT2D eigenvalue weighted by Gasteiger charge is -2.30. The number of nitrogens with zero attached hydrogens (tertiary/aromatic N) is 2. The van der Waals surface area contributed by atoms with E-state index in [2.05, 4.69) is 52.9 Å². The van der Waals surface area contributed by atoms with E-state index in [9.17, 15) is 0 Å². The molecule has 2 aromatic rings. The number of halogens is 1. The SMILES string of the molecule is CCCCN1CCCn2cccc2[C@@H]1c1cccc(Cl)c1. The molecule has 0 radical (unpaired) electrons. The molecule has 3 heteroatoms. The second-order valence-corrected chi connectivity index (χ2v) is 6.26. The van der Waals surface area contributed by atoms with E-state index in [4.69, 9.17) is 11.6 Å². The molecular weight excluding hydrogens is 280 g/mol. The molecule has 112 valence electrons. The molecule has 0 N–H and O–H groups in total. The van der Waals surface area contributed by atoms with Gasteiger partial charge in [0.2, 0.25) is 0 Å². The van der Waals surface area contributed by atoms with Crippen LogP contribution in [0.15, 0.2) is 42.6 Å². The number of fused-ring (bicyclic) bond motifs is 1. The highest BCUT2D eigenvalue weighted by atomic mass is 35.5. The van der Waals surface area contributed by atoms with E-state index in [0.29, 0.717) is 6.04 Å². The minimum absolute atomic E-state index is 0.327. The molecule has 1 aromatic heterocycles. The molecule has 0 aliphatic carbocycles. The van der Waals surface area contributed by atoms with Crippen LogP contribution >= 0.6 is 11.6 Å². The Morgan fingerprint density at radius 2 is 2.10 bits per heavy atom. The lowest BCUT2D eigenvalue weighted by Crippen LogP contribution is -2.30. The van der Waals surface area contributed by atoms with Gasteiger partial charge in [-0.25, -0.2) is 0 Å². The van der Waals surface area contributed by atoms with Crippen molar-refractivity contribution in [1.82, 2.24) is 9.47 Å². The van der Waals surface area contributed by atoms with Gasteiger partial charge in [0.1, 0.15) is 0 Å². The first-order chi connectivity index (χ1) is 10.3. The summed E-state index contributed by atoms with van der Waals surface area (Å²) in [4.78, 5) is 2.62. The molecule has 21 heavy (non-hydrogen) atoms. The highest BCUT2D eigenvalue weighted by Crippen LogP contribution is 2.33. The molecule has 1 atom stereocenters. The number of hydrogen-bond acceptors (Lipinski definition) is 1. The normalized spacial score (nSPS) is 19.2. The average Bonchev–Trinajstić information content (AvgIpc) is 2.86. The Balaban J connectivity index is 2.00. The van der Waals surface area contributed by atoms with Gasteiger partial charge in [0, 0.05) is 30.0 Å². The van der Waals surface area contributed by atoms with Crippen molar-refractivity contribution < 1.29 is 0 Å². The lowest BCUT2D eigenvalue weighted by molar-refractivity contribution is 0.226. The Hall–Kier alpha value is -1.25. The van der Waals surface area contributed by atoms with Crippen molar-refractivity contribution in [3.05, 3.63) is 58.9 Å². The van der Waals surface area contributed by atoms with Crippen LogP contribution in [-0.4, -0.2) is 22.6 Å². The fraction of sp³-hybridized carbons (Fsp3) is 0.444. The molecule has 3 rings (SSSR count). The molecule has 0 amide bonds. The van der Waals surface area contributed by atoms with E-state index in [1.165, 1.54) is 30.5 Å². The fourth-order valence-electron chi connectivity index (χ4n) is 3.30. The molecule has 1 aromatic carbocycles. The molecule has 0 unspecified atom stereocenters. The van der Waals surface area contributed by atoms with Crippen LogP contribution in [0.1, 0.15) is 43.5 Å². The van der Waals surface area contributed by atoms with Crippen LogP contribution in [0.3, 0.4) is 0 Å². The molecule has 0 bridgehead atoms. The summed E-state index contributed by atoms with van der Waals surface area (Å²) in [6, 6.07) is 13.1. The van der Waals surface area contributed by atoms with Gasteiger partial charge in [0.05, 0.1) is 6.04 Å². The van der Waals surface area contributed by atoms with Crippen LogP contribution < -0.4 is 0 Å². The Kier molecular flexibility index (Phi) is 4.67. The molecular formula is C18H23ClN2. The smallest absolute Gasteiger partial charge is 0.0756 e. The lowest BCUT2D eigenvalue weighted by atomic mass is 10.0. The topological polar surface area (TPSA) is 8.17 Å². The summed E-state index contributed by atoms with van der Waals surface area (Å²) >= 11 is 6.23. The van der Waals surface area contributed by atoms with Gasteiger partial charge in [-0.15, -0.1) is 0 Å². The van der Waals surface area contributed by atoms with Crippen LogP contribution in [-0.2, 0) is 6.54 Å². The van der Waals surface area contributed by atoms with Gasteiger partial charge in [-0.05, 0) is 49.2 Å². The molecule has 2 nitrogen and oxygen atoms in total. The summed E-state index contributed by atoms with van der Waals surface area (Å²) in [7, 11) is 0. The second-order valence-electron chi connectivity index (χ2n) is 5.83. The predicted octanol–water partition coefficient (Wildman–Crippen LogP) is 4.74. The largest absolute Gasteiger partial charge is 0.350 e. The van der Waals surface area contributed by atoms with Crippen LogP contribution in [0.4, 0.5) is 0 Å². The molecule has 0 saturated carbocycles. The third-order valence-electron chi connectivity index (χ3n) is 4.32. The minimum Gasteiger partial charge on any atom is -0.350 e. The number of rotatable bonds is 4. The Morgan fingerprint density at radius 1 is 1.19 bits per heavy atom. The van der Waals surface area contributed by atoms with Crippen molar-refractivity contribution in [1.29, 1.82) is 0 Å². The molecule has 2 heterocycles. The van der Waals surface area contributed by atoms with Crippen molar-refractivity contribution in [2.45, 2.75) is 38.8 Å². The predicted molar refractivity (Wildman–Crippen MR) is 88.8 cm³/mol. The highest BCUT2D eigenvalue weighted by molar-refractivity contribution is 6.30. The number of aryl methyl sites for hydroxylation is 1. The molecule has 0 saturated heterocycles. The van der Waals surface area contributed by atoms with E-state index >= 15 is 0 Å². The summed E-state index contributed by atoms with van der Waals surface area (Å²) in [5.74, 6) is 0. The number of unbranched alkanes of at least 4 members (excludes halogenated alkanes) is 1. The van der Waals surface area contributed by atoms with E-state index in [-0.39, 0.29) is 0 Å². The summed E-state index contributed by atoms with van der Waals surface area (Å²) in [5, 5.41) is 0.824. The maximum atomic E-state index is 6.23. The highest BCUT2D eigenvalue weighted by Gasteiger charge is 2.26. The van der Waals surface area contributed by atoms with Gasteiger partial charge < -0.3 is 4.57 Å². The van der Waals surface area contributed by atoms with Gasteiger partial charge in [0.15, 0.2) is 0 Å². The Morgan fingerprint density at radius 3 is 2.90 bits per heavy atom. The monoisotopic (exact) mass is 302 g/mol. The first-order valence-corrected chi connectivity index (χ1v) is 8.32. The minimum atomic E-state index is 0.327. The van der Waals surface area contributed by atoms with Crippen molar-refractivity contribution in [2.24, 2.45) is 0 Å². The fourth-order valence-corrected chi connectivity index (χ4v) is 3.50. The van der Waals surface area contributed by atoms with Crippen molar-refractivity contribution in [2.75, 3.05) is 13.1 Å². The quantitative estimate of drug-likeness (QED) is 0.792. The zero-order chi connectivity index (χ0) is 14.7. The first-order valence-electron chi connectivity index (χ1n) is 7.94. The van der Waals surface area contributed by atoms with Crippen LogP contribution in [0.2, 0.25) is 5.02 Å². The summed E-state index contributed by atoms with van der Waals surface area (Å²) in [6.07, 6.45) is 5.90. The molecule has 0 fully saturated rings. The zero-order valence-electron chi connectivity index (χ0n) is 12.6. The van der Waals surface area contributed by atoms with Crippen molar-refractivity contribution >= 4 is 11.6 Å². The first kappa shape index (κ1) is 14.7. The van der Waals surface area contributed by atoms with E-state index < -0.39 is 0 Å². The van der Waals surface area contributed by atoms with Gasteiger partial charge in [-0.1, -0.05) is 37.1 Å². The molecule has 1 aliphatic heterocycles. The second kappa shape index (κ2) is 6.67. The molecule has 1 aliphatic rings. The number of hydrogen-bond donors (Lipinski definition) is 0. The standard InChI is InChI=1S/C18H23ClN2/c1-2-3-10-21-13-6-12-20-11-5-9-17(20)18(21)15-7-4-8-16(19)14-15/h4-5,7-9,11,14,18H,2-3,6,10,12-13H2,1H3/t18-/m0/s1. The van der Waals surface area contributed by atoms with E-state index in [1.807, 2.05) is 6.07 Å². The van der Waals surface area contributed by atoms with Crippen LogP contribution in [0.25, 0.3) is 0 Å². The van der Waals surface area contributed by atoms with Gasteiger partial charge in [-0.2, -0.15) is 0 Å². The molecule has 0 spiro atoms. The van der Waals surface area contributed by atoms with Gasteiger partial charge >= 0.3 is 0 Å². The van der Waals surface area contributed by atoms with Crippen molar-refractivity contribution in [3.8, 4) is 0 Å². The number of aromatic nitrogens is 1. The van der Waals surface area contributed by atoms with E-state index in [0.717, 1.165) is 24.7 Å². The Bertz CT molecular complexity index is 590. The number of benzene rings is 1.